The fourth-order valence-corrected chi connectivity index (χ4v) is 1.68. The minimum atomic E-state index is -0.947. The number of hydrogen-bond donors (Lipinski definition) is 1. The van der Waals surface area contributed by atoms with Gasteiger partial charge >= 0.3 is 5.69 Å². The predicted molar refractivity (Wildman–Crippen MR) is 68.9 cm³/mol. The van der Waals surface area contributed by atoms with Crippen LogP contribution in [-0.2, 0) is 14.1 Å². The molecule has 0 aliphatic heterocycles. The lowest BCUT2D eigenvalue weighted by Gasteiger charge is -2.28. The number of anilines is 1. The molecule has 0 spiro atoms. The molecule has 0 atom stereocenters. The van der Waals surface area contributed by atoms with Crippen molar-refractivity contribution in [2.75, 3.05) is 18.0 Å². The van der Waals surface area contributed by atoms with Crippen molar-refractivity contribution >= 4 is 5.82 Å². The van der Waals surface area contributed by atoms with E-state index >= 15 is 0 Å². The third kappa shape index (κ3) is 2.98. The summed E-state index contributed by atoms with van der Waals surface area (Å²) in [6.45, 7) is 5.95. The third-order valence-electron chi connectivity index (χ3n) is 2.56. The maximum absolute atomic E-state index is 12.0. The number of rotatable bonds is 4. The van der Waals surface area contributed by atoms with Crippen LogP contribution in [0.25, 0.3) is 0 Å². The molecule has 1 aromatic rings. The second-order valence-corrected chi connectivity index (χ2v) is 4.92. The van der Waals surface area contributed by atoms with Crippen molar-refractivity contribution in [3.05, 3.63) is 20.8 Å². The Morgan fingerprint density at radius 1 is 1.33 bits per heavy atom. The largest absolute Gasteiger partial charge is 0.389 e. The summed E-state index contributed by atoms with van der Waals surface area (Å²) in [6.07, 6.45) is 0. The molecular weight excluding hydrogens is 236 g/mol. The molecule has 0 aromatic carbocycles. The summed E-state index contributed by atoms with van der Waals surface area (Å²) < 4.78 is 2.12. The van der Waals surface area contributed by atoms with Gasteiger partial charge in [0.05, 0.1) is 5.60 Å². The molecule has 0 aliphatic rings. The van der Waals surface area contributed by atoms with Crippen LogP contribution in [0.4, 0.5) is 5.82 Å². The summed E-state index contributed by atoms with van der Waals surface area (Å²) in [5, 5.41) is 13.8. The normalized spacial score (nSPS) is 11.7. The average molecular weight is 256 g/mol. The first kappa shape index (κ1) is 14.4. The van der Waals surface area contributed by atoms with Gasteiger partial charge in [0.25, 0.3) is 5.56 Å². The Morgan fingerprint density at radius 3 is 2.33 bits per heavy atom. The van der Waals surface area contributed by atoms with Crippen molar-refractivity contribution in [2.24, 2.45) is 14.1 Å². The van der Waals surface area contributed by atoms with Crippen molar-refractivity contribution < 1.29 is 5.11 Å². The van der Waals surface area contributed by atoms with E-state index in [1.54, 1.807) is 18.7 Å². The van der Waals surface area contributed by atoms with Crippen LogP contribution in [0.5, 0.6) is 0 Å². The second kappa shape index (κ2) is 4.93. The van der Waals surface area contributed by atoms with Gasteiger partial charge in [-0.15, -0.1) is 5.10 Å². The van der Waals surface area contributed by atoms with Gasteiger partial charge in [-0.1, -0.05) is 0 Å². The average Bonchev–Trinajstić information content (AvgIpc) is 2.27. The molecule has 7 heteroatoms. The molecule has 0 fully saturated rings. The first-order chi connectivity index (χ1) is 8.17. The molecule has 0 aliphatic carbocycles. The Balaban J connectivity index is 3.32. The lowest BCUT2D eigenvalue weighted by atomic mass is 10.1. The number of nitrogens with zero attached hydrogens (tertiary/aromatic N) is 4. The van der Waals surface area contributed by atoms with Gasteiger partial charge < -0.3 is 10.0 Å². The Morgan fingerprint density at radius 2 is 1.89 bits per heavy atom. The van der Waals surface area contributed by atoms with E-state index in [9.17, 15) is 14.7 Å². The smallest absolute Gasteiger partial charge is 0.346 e. The second-order valence-electron chi connectivity index (χ2n) is 4.92. The highest BCUT2D eigenvalue weighted by atomic mass is 16.3. The molecule has 0 saturated heterocycles. The van der Waals surface area contributed by atoms with Crippen molar-refractivity contribution in [3.8, 4) is 0 Å². The standard InChI is InChI=1S/C11H20N4O3/c1-6-15(7-11(2,3)18)8-9(16)13(4)10(17)14(5)12-8/h18H,6-7H2,1-5H3. The van der Waals surface area contributed by atoms with Crippen LogP contribution in [-0.4, -0.2) is 38.1 Å². The third-order valence-corrected chi connectivity index (χ3v) is 2.56. The molecule has 0 unspecified atom stereocenters. The van der Waals surface area contributed by atoms with Gasteiger partial charge in [0, 0.05) is 27.2 Å². The highest BCUT2D eigenvalue weighted by Gasteiger charge is 2.22. The highest BCUT2D eigenvalue weighted by molar-refractivity contribution is 5.34. The SMILES string of the molecule is CCN(CC(C)(C)O)c1nn(C)c(=O)n(C)c1=O. The van der Waals surface area contributed by atoms with Crippen LogP contribution in [0.2, 0.25) is 0 Å². The molecule has 1 aromatic heterocycles. The van der Waals surface area contributed by atoms with Crippen LogP contribution in [0, 0.1) is 0 Å². The number of aryl methyl sites for hydroxylation is 1. The Bertz CT molecular complexity index is 539. The van der Waals surface area contributed by atoms with Gasteiger partial charge in [-0.25, -0.2) is 9.48 Å². The van der Waals surface area contributed by atoms with Gasteiger partial charge in [0.15, 0.2) is 0 Å². The molecule has 0 bridgehead atoms. The topological polar surface area (TPSA) is 80.4 Å². The Labute approximate surface area is 105 Å². The zero-order valence-corrected chi connectivity index (χ0v) is 11.5. The summed E-state index contributed by atoms with van der Waals surface area (Å²) in [4.78, 5) is 25.2. The molecule has 0 amide bonds. The van der Waals surface area contributed by atoms with E-state index in [1.807, 2.05) is 6.92 Å². The quantitative estimate of drug-likeness (QED) is 0.753. The fourth-order valence-electron chi connectivity index (χ4n) is 1.68. The summed E-state index contributed by atoms with van der Waals surface area (Å²) >= 11 is 0. The van der Waals surface area contributed by atoms with Crippen LogP contribution in [0.15, 0.2) is 9.59 Å². The zero-order chi connectivity index (χ0) is 14.1. The van der Waals surface area contributed by atoms with E-state index in [1.165, 1.54) is 14.1 Å². The number of likely N-dealkylation sites (N-methyl/N-ethyl adjacent to an activating group) is 1. The van der Waals surface area contributed by atoms with Crippen molar-refractivity contribution in [1.29, 1.82) is 0 Å². The molecule has 0 saturated carbocycles. The minimum Gasteiger partial charge on any atom is -0.389 e. The number of hydrogen-bond acceptors (Lipinski definition) is 5. The van der Waals surface area contributed by atoms with Gasteiger partial charge in [0.2, 0.25) is 5.82 Å². The predicted octanol–water partition coefficient (Wildman–Crippen LogP) is -0.924. The summed E-state index contributed by atoms with van der Waals surface area (Å²) in [6, 6.07) is 0. The Kier molecular flexibility index (Phi) is 3.95. The summed E-state index contributed by atoms with van der Waals surface area (Å²) in [5.41, 5.74) is -1.87. The van der Waals surface area contributed by atoms with Crippen LogP contribution in [0.1, 0.15) is 20.8 Å². The first-order valence-corrected chi connectivity index (χ1v) is 5.79. The van der Waals surface area contributed by atoms with Crippen LogP contribution in [0.3, 0.4) is 0 Å². The molecule has 1 rings (SSSR count). The first-order valence-electron chi connectivity index (χ1n) is 5.79. The monoisotopic (exact) mass is 256 g/mol. The van der Waals surface area contributed by atoms with Crippen LogP contribution < -0.4 is 16.1 Å². The maximum Gasteiger partial charge on any atom is 0.346 e. The van der Waals surface area contributed by atoms with Gasteiger partial charge in [0.1, 0.15) is 0 Å². The molecule has 0 radical (unpaired) electrons. The highest BCUT2D eigenvalue weighted by Crippen LogP contribution is 2.09. The van der Waals surface area contributed by atoms with E-state index < -0.39 is 16.9 Å². The molecule has 1 N–H and O–H groups in total. The summed E-state index contributed by atoms with van der Waals surface area (Å²) in [5.74, 6) is 0.171. The van der Waals surface area contributed by atoms with Crippen molar-refractivity contribution in [3.63, 3.8) is 0 Å². The molecular formula is C11H20N4O3. The van der Waals surface area contributed by atoms with Crippen molar-refractivity contribution in [1.82, 2.24) is 14.3 Å². The number of aromatic nitrogens is 3. The molecule has 1 heterocycles. The van der Waals surface area contributed by atoms with E-state index in [0.717, 1.165) is 9.25 Å². The van der Waals surface area contributed by atoms with E-state index in [4.69, 9.17) is 0 Å². The fraction of sp³-hybridized carbons (Fsp3) is 0.727. The molecule has 102 valence electrons. The van der Waals surface area contributed by atoms with E-state index in [-0.39, 0.29) is 12.4 Å². The van der Waals surface area contributed by atoms with Gasteiger partial charge in [-0.2, -0.15) is 0 Å². The Hall–Kier alpha value is -1.63. The van der Waals surface area contributed by atoms with E-state index in [2.05, 4.69) is 5.10 Å². The zero-order valence-electron chi connectivity index (χ0n) is 11.5. The lowest BCUT2D eigenvalue weighted by Crippen LogP contribution is -2.46. The van der Waals surface area contributed by atoms with Gasteiger partial charge in [-0.05, 0) is 20.8 Å². The minimum absolute atomic E-state index is 0.171. The van der Waals surface area contributed by atoms with Crippen molar-refractivity contribution in [2.45, 2.75) is 26.4 Å². The number of aliphatic hydroxyl groups is 1. The molecule has 7 nitrogen and oxygen atoms in total. The van der Waals surface area contributed by atoms with E-state index in [0.29, 0.717) is 6.54 Å². The lowest BCUT2D eigenvalue weighted by molar-refractivity contribution is 0.0872. The molecule has 18 heavy (non-hydrogen) atoms. The summed E-state index contributed by atoms with van der Waals surface area (Å²) in [7, 11) is 2.90. The van der Waals surface area contributed by atoms with Gasteiger partial charge in [-0.3, -0.25) is 9.36 Å². The van der Waals surface area contributed by atoms with Crippen LogP contribution >= 0.6 is 0 Å². The maximum atomic E-state index is 12.0.